The molecule has 0 atom stereocenters. The Balaban J connectivity index is 2.17. The lowest BCUT2D eigenvalue weighted by Crippen LogP contribution is -2.21. The van der Waals surface area contributed by atoms with Gasteiger partial charge in [-0.15, -0.1) is 0 Å². The number of ether oxygens (including phenoxy) is 1. The predicted molar refractivity (Wildman–Crippen MR) is 82.0 cm³/mol. The number of benzene rings is 1. The molecule has 124 valence electrons. The monoisotopic (exact) mass is 360 g/mol. The largest absolute Gasteiger partial charge is 0.479 e. The van der Waals surface area contributed by atoms with Gasteiger partial charge in [-0.1, -0.05) is 11.6 Å². The number of nitro benzene ring substituents is 1. The first kappa shape index (κ1) is 17.3. The van der Waals surface area contributed by atoms with Gasteiger partial charge < -0.3 is 9.15 Å². The summed E-state index contributed by atoms with van der Waals surface area (Å²) in [5, 5.41) is 10.9. The van der Waals surface area contributed by atoms with Crippen molar-refractivity contribution in [1.29, 1.82) is 0 Å². The molecular weight excluding hydrogens is 348 g/mol. The zero-order valence-electron chi connectivity index (χ0n) is 12.2. The zero-order chi connectivity index (χ0) is 17.2. The van der Waals surface area contributed by atoms with Gasteiger partial charge in [0.25, 0.3) is 10.0 Å². The minimum Gasteiger partial charge on any atom is -0.479 e. The Morgan fingerprint density at radius 2 is 2.00 bits per heavy atom. The highest BCUT2D eigenvalue weighted by Crippen LogP contribution is 2.30. The number of furan rings is 1. The van der Waals surface area contributed by atoms with Crippen molar-refractivity contribution in [3.63, 3.8) is 0 Å². The Morgan fingerprint density at radius 1 is 1.30 bits per heavy atom. The Morgan fingerprint density at radius 3 is 2.61 bits per heavy atom. The van der Waals surface area contributed by atoms with Crippen LogP contribution < -0.4 is 4.74 Å². The maximum atomic E-state index is 11.9. The van der Waals surface area contributed by atoms with E-state index in [1.54, 1.807) is 0 Å². The molecule has 0 unspecified atom stereocenters. The fraction of sp³-hybridized carbons (Fsp3) is 0.231. The van der Waals surface area contributed by atoms with Crippen LogP contribution in [-0.4, -0.2) is 31.7 Å². The van der Waals surface area contributed by atoms with E-state index in [9.17, 15) is 18.5 Å². The molecule has 2 aromatic rings. The van der Waals surface area contributed by atoms with Crippen LogP contribution in [0.1, 0.15) is 5.76 Å². The van der Waals surface area contributed by atoms with Gasteiger partial charge in [-0.25, -0.2) is 12.7 Å². The third-order valence-electron chi connectivity index (χ3n) is 2.86. The van der Waals surface area contributed by atoms with Crippen molar-refractivity contribution < 1.29 is 22.5 Å². The van der Waals surface area contributed by atoms with E-state index in [4.69, 9.17) is 20.8 Å². The van der Waals surface area contributed by atoms with Crippen LogP contribution >= 0.6 is 11.6 Å². The molecule has 0 radical (unpaired) electrons. The maximum Gasteiger partial charge on any atom is 0.312 e. The highest BCUT2D eigenvalue weighted by atomic mass is 35.5. The van der Waals surface area contributed by atoms with E-state index in [-0.39, 0.29) is 33.9 Å². The fourth-order valence-corrected chi connectivity index (χ4v) is 2.64. The first-order valence-corrected chi connectivity index (χ1v) is 8.11. The van der Waals surface area contributed by atoms with E-state index in [0.29, 0.717) is 0 Å². The topological polar surface area (TPSA) is 103 Å². The summed E-state index contributed by atoms with van der Waals surface area (Å²) < 4.78 is 35.3. The second-order valence-corrected chi connectivity index (χ2v) is 7.19. The second-order valence-electron chi connectivity index (χ2n) is 4.67. The average Bonchev–Trinajstić information content (AvgIpc) is 2.95. The van der Waals surface area contributed by atoms with Crippen molar-refractivity contribution in [1.82, 2.24) is 4.31 Å². The molecule has 0 aliphatic rings. The molecule has 0 amide bonds. The molecule has 0 bridgehead atoms. The number of sulfonamides is 1. The zero-order valence-corrected chi connectivity index (χ0v) is 13.8. The lowest BCUT2D eigenvalue weighted by atomic mass is 10.3. The van der Waals surface area contributed by atoms with Gasteiger partial charge in [-0.2, -0.15) is 0 Å². The molecule has 2 rings (SSSR count). The number of halogens is 1. The maximum absolute atomic E-state index is 11.9. The van der Waals surface area contributed by atoms with Gasteiger partial charge in [-0.05, 0) is 24.3 Å². The van der Waals surface area contributed by atoms with E-state index in [1.807, 2.05) is 0 Å². The van der Waals surface area contributed by atoms with Crippen molar-refractivity contribution in [2.45, 2.75) is 11.7 Å². The summed E-state index contributed by atoms with van der Waals surface area (Å²) >= 11 is 5.71. The van der Waals surface area contributed by atoms with Crippen LogP contribution in [0.15, 0.2) is 39.8 Å². The Bertz CT molecular complexity index is 831. The van der Waals surface area contributed by atoms with Gasteiger partial charge in [0.15, 0.2) is 5.75 Å². The van der Waals surface area contributed by atoms with Crippen LogP contribution in [0.4, 0.5) is 5.69 Å². The van der Waals surface area contributed by atoms with Crippen molar-refractivity contribution in [3.05, 3.63) is 51.2 Å². The Kier molecular flexibility index (Phi) is 4.93. The molecule has 10 heteroatoms. The molecule has 0 spiro atoms. The summed E-state index contributed by atoms with van der Waals surface area (Å²) in [5.74, 6) is 0.225. The molecule has 0 N–H and O–H groups in total. The summed E-state index contributed by atoms with van der Waals surface area (Å²) in [6.07, 6.45) is 0. The third kappa shape index (κ3) is 3.81. The number of rotatable bonds is 6. The number of nitro groups is 1. The summed E-state index contributed by atoms with van der Waals surface area (Å²) in [4.78, 5) is 10.3. The van der Waals surface area contributed by atoms with Crippen molar-refractivity contribution in [2.24, 2.45) is 0 Å². The van der Waals surface area contributed by atoms with Crippen LogP contribution in [-0.2, 0) is 16.6 Å². The van der Waals surface area contributed by atoms with Crippen LogP contribution in [0.25, 0.3) is 0 Å². The van der Waals surface area contributed by atoms with Gasteiger partial charge in [0.05, 0.1) is 4.92 Å². The number of nitrogens with zero attached hydrogens (tertiary/aromatic N) is 2. The molecule has 0 saturated carbocycles. The molecule has 0 saturated heterocycles. The SMILES string of the molecule is CN(C)S(=O)(=O)c1ccc(COc2ccc(Cl)cc2[N+](=O)[O-])o1. The highest BCUT2D eigenvalue weighted by Gasteiger charge is 2.22. The predicted octanol–water partition coefficient (Wildman–Crippen LogP) is 2.67. The summed E-state index contributed by atoms with van der Waals surface area (Å²) in [6.45, 7) is -0.161. The Labute approximate surface area is 137 Å². The lowest BCUT2D eigenvalue weighted by Gasteiger charge is -2.08. The van der Waals surface area contributed by atoms with E-state index in [1.165, 1.54) is 44.4 Å². The van der Waals surface area contributed by atoms with Crippen LogP contribution in [0.3, 0.4) is 0 Å². The van der Waals surface area contributed by atoms with E-state index < -0.39 is 14.9 Å². The van der Waals surface area contributed by atoms with Crippen LogP contribution in [0, 0.1) is 10.1 Å². The highest BCUT2D eigenvalue weighted by molar-refractivity contribution is 7.88. The average molecular weight is 361 g/mol. The number of hydrogen-bond acceptors (Lipinski definition) is 6. The summed E-state index contributed by atoms with van der Waals surface area (Å²) in [7, 11) is -0.921. The first-order chi connectivity index (χ1) is 10.7. The van der Waals surface area contributed by atoms with Gasteiger partial charge >= 0.3 is 5.69 Å². The number of hydrogen-bond donors (Lipinski definition) is 0. The molecule has 0 aliphatic carbocycles. The molecule has 1 heterocycles. The normalized spacial score (nSPS) is 11.7. The minimum absolute atomic E-state index is 0.00724. The molecule has 1 aromatic carbocycles. The third-order valence-corrected chi connectivity index (χ3v) is 4.78. The van der Waals surface area contributed by atoms with Crippen LogP contribution in [0.2, 0.25) is 5.02 Å². The smallest absolute Gasteiger partial charge is 0.312 e. The quantitative estimate of drug-likeness (QED) is 0.579. The fourth-order valence-electron chi connectivity index (χ4n) is 1.66. The molecule has 0 aliphatic heterocycles. The summed E-state index contributed by atoms with van der Waals surface area (Å²) in [6, 6.07) is 6.71. The molecule has 23 heavy (non-hydrogen) atoms. The minimum atomic E-state index is -3.68. The molecule has 8 nitrogen and oxygen atoms in total. The molecule has 0 fully saturated rings. The van der Waals surface area contributed by atoms with Gasteiger partial charge in [0, 0.05) is 25.2 Å². The van der Waals surface area contributed by atoms with E-state index in [2.05, 4.69) is 0 Å². The lowest BCUT2D eigenvalue weighted by molar-refractivity contribution is -0.385. The van der Waals surface area contributed by atoms with Gasteiger partial charge in [0.1, 0.15) is 12.4 Å². The van der Waals surface area contributed by atoms with Crippen LogP contribution in [0.5, 0.6) is 5.75 Å². The van der Waals surface area contributed by atoms with Crippen molar-refractivity contribution >= 4 is 27.3 Å². The van der Waals surface area contributed by atoms with Crippen molar-refractivity contribution in [3.8, 4) is 5.75 Å². The molecular formula is C13H13ClN2O6S. The first-order valence-electron chi connectivity index (χ1n) is 6.30. The summed E-state index contributed by atoms with van der Waals surface area (Å²) in [5.41, 5.74) is -0.287. The van der Waals surface area contributed by atoms with Crippen molar-refractivity contribution in [2.75, 3.05) is 14.1 Å². The van der Waals surface area contributed by atoms with E-state index >= 15 is 0 Å². The second kappa shape index (κ2) is 6.57. The standard InChI is InChI=1S/C13H13ClN2O6S/c1-15(2)23(19,20)13-6-4-10(22-13)8-21-12-5-3-9(14)7-11(12)16(17)18/h3-7H,8H2,1-2H3. The van der Waals surface area contributed by atoms with Gasteiger partial charge in [0.2, 0.25) is 5.09 Å². The van der Waals surface area contributed by atoms with Gasteiger partial charge in [-0.3, -0.25) is 10.1 Å². The van der Waals surface area contributed by atoms with E-state index in [0.717, 1.165) is 4.31 Å². The Hall–Kier alpha value is -2.10. The molecule has 1 aromatic heterocycles.